The average Bonchev–Trinajstić information content (AvgIpc) is 3.37. The van der Waals surface area contributed by atoms with Crippen molar-refractivity contribution in [1.29, 1.82) is 0 Å². The maximum atomic E-state index is 14.6. The predicted octanol–water partition coefficient (Wildman–Crippen LogP) is 6.96. The molecule has 0 aromatic rings. The van der Waals surface area contributed by atoms with Gasteiger partial charge in [-0.1, -0.05) is 76.6 Å². The number of methoxy groups -OCH3 is 2. The number of thioether (sulfide) groups is 1. The van der Waals surface area contributed by atoms with E-state index in [4.69, 9.17) is 23.7 Å². The molecule has 1 aliphatic carbocycles. The maximum absolute atomic E-state index is 14.6. The summed E-state index contributed by atoms with van der Waals surface area (Å²) in [6.07, 6.45) is 15.4. The molecule has 0 radical (unpaired) electrons. The van der Waals surface area contributed by atoms with Crippen molar-refractivity contribution in [3.8, 4) is 0 Å². The SMILES string of the molecule is CO[C@@H]1C[C@H](C[C@@H](C)[C@@H]2CC[C@H](C)/C=C(\C)[C@@H](O)[C@@H](OC)C(=O)[C@H](C)C[C@H](C)/C=C/C=C/C=C(\C)C(CSCN3CCS3(=O)=O)C[C@@H]3CC[C@@H](C)[C@@](O)(O3)C(=O)C(=O)N3CCCC[C@H]3C(=O)O2)CC[C@H]1OCCO. The second kappa shape index (κ2) is 29.3. The summed E-state index contributed by atoms with van der Waals surface area (Å²) in [5.74, 6) is -5.56. The van der Waals surface area contributed by atoms with Gasteiger partial charge in [0.25, 0.3) is 11.7 Å². The number of fused-ring (bicyclic) bond motifs is 3. The Kier molecular flexibility index (Phi) is 24.5. The van der Waals surface area contributed by atoms with E-state index in [-0.39, 0.29) is 79.5 Å². The number of sulfonamides is 1. The number of rotatable bonds is 12. The van der Waals surface area contributed by atoms with Gasteiger partial charge < -0.3 is 43.9 Å². The minimum Gasteiger partial charge on any atom is -0.461 e. The number of cyclic esters (lactones) is 1. The lowest BCUT2D eigenvalue weighted by atomic mass is 9.78. The summed E-state index contributed by atoms with van der Waals surface area (Å²) in [5, 5.41) is 33.2. The number of carbonyl (C=O) groups excluding carboxylic acids is 4. The van der Waals surface area contributed by atoms with Gasteiger partial charge in [0.1, 0.15) is 24.4 Å². The van der Waals surface area contributed by atoms with Crippen molar-refractivity contribution < 1.29 is 66.6 Å². The molecular weight excluding hydrogens is 989 g/mol. The quantitative estimate of drug-likeness (QED) is 0.102. The van der Waals surface area contributed by atoms with Crippen molar-refractivity contribution in [2.75, 3.05) is 57.9 Å². The normalized spacial score (nSPS) is 38.8. The van der Waals surface area contributed by atoms with E-state index in [0.717, 1.165) is 31.3 Å². The van der Waals surface area contributed by atoms with E-state index in [1.165, 1.54) is 28.1 Å². The molecule has 420 valence electrons. The van der Waals surface area contributed by atoms with Gasteiger partial charge >= 0.3 is 5.97 Å². The van der Waals surface area contributed by atoms with Crippen LogP contribution in [-0.4, -0.2) is 163 Å². The Morgan fingerprint density at radius 2 is 1.62 bits per heavy atom. The fourth-order valence-electron chi connectivity index (χ4n) is 11.5. The van der Waals surface area contributed by atoms with Crippen LogP contribution in [0.4, 0.5) is 0 Å². The molecule has 74 heavy (non-hydrogen) atoms. The van der Waals surface area contributed by atoms with E-state index in [1.54, 1.807) is 21.0 Å². The molecule has 18 heteroatoms. The van der Waals surface area contributed by atoms with Crippen molar-refractivity contribution in [1.82, 2.24) is 9.21 Å². The molecule has 15 atom stereocenters. The van der Waals surface area contributed by atoms with Crippen LogP contribution in [0.25, 0.3) is 0 Å². The first kappa shape index (κ1) is 62.1. The number of aliphatic hydroxyl groups is 3. The first-order chi connectivity index (χ1) is 35.1. The number of carbonyl (C=O) groups is 4. The summed E-state index contributed by atoms with van der Waals surface area (Å²) < 4.78 is 56.3. The van der Waals surface area contributed by atoms with Gasteiger partial charge in [-0.2, -0.15) is 4.31 Å². The number of hydrogen-bond donors (Lipinski definition) is 3. The molecule has 3 saturated heterocycles. The Morgan fingerprint density at radius 1 is 0.865 bits per heavy atom. The fraction of sp³-hybridized carbons (Fsp3) is 0.786. The summed E-state index contributed by atoms with van der Waals surface area (Å²) in [6, 6.07) is -1.06. The summed E-state index contributed by atoms with van der Waals surface area (Å²) in [6.45, 7) is 14.2. The highest BCUT2D eigenvalue weighted by Crippen LogP contribution is 2.39. The molecule has 0 aromatic heterocycles. The molecule has 1 unspecified atom stereocenters. The molecule has 16 nitrogen and oxygen atoms in total. The lowest BCUT2D eigenvalue weighted by Crippen LogP contribution is -2.60. The molecule has 2 bridgehead atoms. The number of Topliss-reactive ketones (excluding diaryl/α,β-unsaturated/α-hetero) is 2. The van der Waals surface area contributed by atoms with Crippen molar-refractivity contribution in [3.05, 3.63) is 47.6 Å². The van der Waals surface area contributed by atoms with Gasteiger partial charge in [0, 0.05) is 44.9 Å². The third kappa shape index (κ3) is 16.9. The average molecular weight is 1080 g/mol. The van der Waals surface area contributed by atoms with Crippen LogP contribution in [0.1, 0.15) is 132 Å². The van der Waals surface area contributed by atoms with E-state index in [1.807, 2.05) is 64.2 Å². The minimum atomic E-state index is -3.24. The van der Waals surface area contributed by atoms with Gasteiger partial charge in [-0.25, -0.2) is 13.2 Å². The van der Waals surface area contributed by atoms with Gasteiger partial charge in [0.05, 0.1) is 43.2 Å². The molecule has 4 heterocycles. The van der Waals surface area contributed by atoms with Crippen molar-refractivity contribution in [3.63, 3.8) is 0 Å². The van der Waals surface area contributed by atoms with E-state index >= 15 is 0 Å². The third-order valence-electron chi connectivity index (χ3n) is 16.4. The highest BCUT2D eigenvalue weighted by Gasteiger charge is 2.53. The molecule has 3 N–H and O–H groups in total. The van der Waals surface area contributed by atoms with Crippen LogP contribution in [0, 0.1) is 41.4 Å². The lowest BCUT2D eigenvalue weighted by Gasteiger charge is -2.43. The van der Waals surface area contributed by atoms with Crippen LogP contribution < -0.4 is 0 Å². The number of ether oxygens (including phenoxy) is 5. The Labute approximate surface area is 446 Å². The number of ketones is 2. The van der Waals surface area contributed by atoms with Gasteiger partial charge in [-0.15, -0.1) is 11.8 Å². The second-order valence-corrected chi connectivity index (χ2v) is 25.3. The lowest BCUT2D eigenvalue weighted by molar-refractivity contribution is -0.264. The van der Waals surface area contributed by atoms with Crippen molar-refractivity contribution in [2.45, 2.75) is 180 Å². The Hall–Kier alpha value is -2.78. The van der Waals surface area contributed by atoms with Crippen LogP contribution in [-0.2, 0) is 52.9 Å². The number of hydrogen-bond acceptors (Lipinski definition) is 15. The number of esters is 1. The van der Waals surface area contributed by atoms with Gasteiger partial charge in [-0.3, -0.25) is 14.4 Å². The fourth-order valence-corrected chi connectivity index (χ4v) is 14.2. The first-order valence-electron chi connectivity index (χ1n) is 27.3. The molecule has 5 aliphatic rings. The largest absolute Gasteiger partial charge is 0.461 e. The monoisotopic (exact) mass is 1080 g/mol. The molecule has 0 spiro atoms. The standard InChI is InChI=1S/C56H90N2O14S2/c1-36-15-11-10-12-16-38(3)44(34-73-35-57-25-28-74(57,66)67)33-45-21-19-42(7)56(65,72-45)53(62)54(63)58-24-14-13-17-46(58)55(64)71-47(39(4)31-43-20-23-48(70-27-26-59)49(32-43)68-8)22-18-37(2)30-41(6)51(61)52(69-9)50(60)40(5)29-36/h10-12,15-16,30,36-37,39-40,42-49,51-52,59,61,65H,13-14,17-29,31-35H2,1-9H3/b12-10+,15-11+,38-16+,41-30+/t36-,37+,39-,40-,42-,43+,44?,45+,46+,47+,48-,49-,51-,52+,56-/m1/s1. The summed E-state index contributed by atoms with van der Waals surface area (Å²) in [5.41, 5.74) is 1.58. The molecule has 0 aromatic carbocycles. The number of amides is 1. The predicted molar refractivity (Wildman–Crippen MR) is 286 cm³/mol. The minimum absolute atomic E-state index is 0.0275. The Morgan fingerprint density at radius 3 is 2.30 bits per heavy atom. The van der Waals surface area contributed by atoms with E-state index in [2.05, 4.69) is 6.92 Å². The number of piperidine rings is 1. The zero-order valence-electron chi connectivity index (χ0n) is 45.7. The van der Waals surface area contributed by atoms with Crippen molar-refractivity contribution in [2.24, 2.45) is 41.4 Å². The van der Waals surface area contributed by atoms with E-state index in [0.29, 0.717) is 75.1 Å². The molecule has 4 aliphatic heterocycles. The zero-order valence-corrected chi connectivity index (χ0v) is 47.4. The zero-order chi connectivity index (χ0) is 54.3. The highest BCUT2D eigenvalue weighted by atomic mass is 32.2. The number of aliphatic hydroxyl groups excluding tert-OH is 2. The van der Waals surface area contributed by atoms with Crippen LogP contribution in [0.3, 0.4) is 0 Å². The molecule has 4 fully saturated rings. The molecule has 1 saturated carbocycles. The van der Waals surface area contributed by atoms with E-state index in [9.17, 15) is 42.9 Å². The van der Waals surface area contributed by atoms with Crippen LogP contribution in [0.5, 0.6) is 0 Å². The third-order valence-corrected chi connectivity index (χ3v) is 19.5. The topological polar surface area (TPSA) is 216 Å². The van der Waals surface area contributed by atoms with Crippen molar-refractivity contribution >= 4 is 45.2 Å². The van der Waals surface area contributed by atoms with Gasteiger partial charge in [-0.05, 0) is 132 Å². The van der Waals surface area contributed by atoms with Crippen LogP contribution in [0.15, 0.2) is 47.6 Å². The maximum Gasteiger partial charge on any atom is 0.329 e. The molecular formula is C56H90N2O14S2. The summed E-state index contributed by atoms with van der Waals surface area (Å²) >= 11 is 1.49. The van der Waals surface area contributed by atoms with Crippen LogP contribution >= 0.6 is 11.8 Å². The molecule has 1 amide bonds. The number of allylic oxidation sites excluding steroid dienone is 7. The van der Waals surface area contributed by atoms with Gasteiger partial charge in [0.2, 0.25) is 15.8 Å². The van der Waals surface area contributed by atoms with Crippen LogP contribution in [0.2, 0.25) is 0 Å². The Bertz CT molecular complexity index is 2100. The van der Waals surface area contributed by atoms with E-state index < -0.39 is 75.8 Å². The summed E-state index contributed by atoms with van der Waals surface area (Å²) in [7, 11) is -0.135. The summed E-state index contributed by atoms with van der Waals surface area (Å²) in [4.78, 5) is 58.7. The first-order valence-corrected chi connectivity index (χ1v) is 30.1. The smallest absolute Gasteiger partial charge is 0.329 e. The highest BCUT2D eigenvalue weighted by molar-refractivity contribution is 8.00. The Balaban J connectivity index is 1.45. The molecule has 5 rings (SSSR count). The number of nitrogens with zero attached hydrogens (tertiary/aromatic N) is 2. The van der Waals surface area contributed by atoms with Gasteiger partial charge in [0.15, 0.2) is 5.78 Å². The second-order valence-electron chi connectivity index (χ2n) is 22.2.